The molecule has 0 aromatic carbocycles. The number of aliphatic hydroxyl groups excluding tert-OH is 1. The Labute approximate surface area is 85.6 Å². The SMILES string of the molecule is [2H]C([2H])(C(C)C(O)C(N)=O)C1([2H])C([2H])([2H])C([2H])([2H])C1([2H])[2H]. The fourth-order valence-electron chi connectivity index (χ4n) is 0.750. The van der Waals surface area contributed by atoms with Crippen LogP contribution in [0.5, 0.6) is 0 Å². The van der Waals surface area contributed by atoms with Crippen LogP contribution in [-0.4, -0.2) is 17.1 Å². The number of nitrogens with two attached hydrogens (primary N) is 1. The highest BCUT2D eigenvalue weighted by Crippen LogP contribution is 2.32. The number of hydrogen-bond acceptors (Lipinski definition) is 2. The zero-order valence-electron chi connectivity index (χ0n) is 15.6. The smallest absolute Gasteiger partial charge is 0.246 e. The van der Waals surface area contributed by atoms with Crippen molar-refractivity contribution < 1.29 is 22.2 Å². The molecule has 1 aliphatic carbocycles. The molecule has 0 aliphatic heterocycles. The van der Waals surface area contributed by atoms with Gasteiger partial charge in [0, 0.05) is 12.3 Å². The summed E-state index contributed by atoms with van der Waals surface area (Å²) in [5.41, 5.74) is 4.85. The second-order valence-corrected chi connectivity index (χ2v) is 2.53. The fraction of sp³-hybridized carbons (Fsp3) is 0.889. The average Bonchev–Trinajstić information content (AvgIpc) is 2.33. The second kappa shape index (κ2) is 3.90. The van der Waals surface area contributed by atoms with Crippen molar-refractivity contribution in [2.75, 3.05) is 0 Å². The molecule has 1 saturated carbocycles. The first-order valence-corrected chi connectivity index (χ1v) is 3.49. The van der Waals surface area contributed by atoms with E-state index in [9.17, 15) is 9.90 Å². The van der Waals surface area contributed by atoms with E-state index in [1.807, 2.05) is 0 Å². The highest BCUT2D eigenvalue weighted by molar-refractivity contribution is 5.78. The van der Waals surface area contributed by atoms with Crippen molar-refractivity contribution in [2.24, 2.45) is 17.5 Å². The van der Waals surface area contributed by atoms with E-state index < -0.39 is 49.3 Å². The molecule has 1 amide bonds. The van der Waals surface area contributed by atoms with Crippen molar-refractivity contribution in [3.05, 3.63) is 0 Å². The highest BCUT2D eigenvalue weighted by Gasteiger charge is 2.26. The molecule has 1 aliphatic rings. The quantitative estimate of drug-likeness (QED) is 0.667. The molecule has 0 radical (unpaired) electrons. The Morgan fingerprint density at radius 1 is 2.00 bits per heavy atom. The number of carbonyl (C=O) groups is 1. The minimum Gasteiger partial charge on any atom is -0.383 e. The van der Waals surface area contributed by atoms with E-state index >= 15 is 0 Å². The van der Waals surface area contributed by atoms with Crippen molar-refractivity contribution in [1.29, 1.82) is 0 Å². The van der Waals surface area contributed by atoms with Gasteiger partial charge in [-0.25, -0.2) is 0 Å². The third-order valence-electron chi connectivity index (χ3n) is 1.51. The van der Waals surface area contributed by atoms with Crippen LogP contribution in [-0.2, 0) is 4.79 Å². The third kappa shape index (κ3) is 2.21. The van der Waals surface area contributed by atoms with Crippen LogP contribution in [0.3, 0.4) is 0 Å². The van der Waals surface area contributed by atoms with Gasteiger partial charge < -0.3 is 10.8 Å². The summed E-state index contributed by atoms with van der Waals surface area (Å²) in [6.07, 6.45) is -14.5. The van der Waals surface area contributed by atoms with E-state index in [2.05, 4.69) is 0 Å². The fourth-order valence-corrected chi connectivity index (χ4v) is 0.750. The standard InChI is InChI=1S/C9H17NO2/c1-6(8(11)9(10)12)5-7-3-2-4-7/h6-8,11H,2-5H2,1H3,(H2,10,12)/i2D2,3D2,4D2,5D2,7D. The topological polar surface area (TPSA) is 63.3 Å². The van der Waals surface area contributed by atoms with E-state index in [0.29, 0.717) is 0 Å². The monoisotopic (exact) mass is 180 g/mol. The predicted octanol–water partition coefficient (Wildman–Crippen LogP) is 0.659. The van der Waals surface area contributed by atoms with Gasteiger partial charge in [0.15, 0.2) is 0 Å². The molecule has 1 rings (SSSR count). The molecule has 0 heterocycles. The molecule has 0 saturated heterocycles. The minimum absolute atomic E-state index is 0.992. The Morgan fingerprint density at radius 2 is 2.58 bits per heavy atom. The minimum atomic E-state index is -3.17. The number of rotatable bonds is 4. The van der Waals surface area contributed by atoms with Gasteiger partial charge in [-0.05, 0) is 18.2 Å². The van der Waals surface area contributed by atoms with Crippen LogP contribution in [0.4, 0.5) is 0 Å². The zero-order chi connectivity index (χ0) is 17.2. The van der Waals surface area contributed by atoms with Crippen molar-refractivity contribution >= 4 is 5.91 Å². The van der Waals surface area contributed by atoms with Crippen LogP contribution in [0.15, 0.2) is 0 Å². The van der Waals surface area contributed by atoms with Crippen molar-refractivity contribution in [1.82, 2.24) is 0 Å². The van der Waals surface area contributed by atoms with Crippen LogP contribution in [0, 0.1) is 11.8 Å². The summed E-state index contributed by atoms with van der Waals surface area (Å²) < 4.78 is 68.9. The van der Waals surface area contributed by atoms with Crippen molar-refractivity contribution in [3.63, 3.8) is 0 Å². The maximum Gasteiger partial charge on any atom is 0.246 e. The summed E-state index contributed by atoms with van der Waals surface area (Å²) in [4.78, 5) is 11.0. The van der Waals surface area contributed by atoms with Gasteiger partial charge in [-0.15, -0.1) is 0 Å². The maximum atomic E-state index is 11.0. The summed E-state index contributed by atoms with van der Waals surface area (Å²) in [6.45, 7) is 0.992. The first-order chi connectivity index (χ1) is 9.01. The van der Waals surface area contributed by atoms with Crippen molar-refractivity contribution in [3.8, 4) is 0 Å². The Balaban J connectivity index is 3.40. The van der Waals surface area contributed by atoms with E-state index in [-0.39, 0.29) is 0 Å². The molecule has 3 heteroatoms. The van der Waals surface area contributed by atoms with Gasteiger partial charge in [-0.2, -0.15) is 0 Å². The predicted molar refractivity (Wildman–Crippen MR) is 46.3 cm³/mol. The Hall–Kier alpha value is -0.570. The van der Waals surface area contributed by atoms with Crippen LogP contribution < -0.4 is 5.73 Å². The number of aliphatic hydroxyl groups is 1. The van der Waals surface area contributed by atoms with Gasteiger partial charge in [0.05, 0.1) is 0 Å². The lowest BCUT2D eigenvalue weighted by atomic mass is 9.78. The average molecular weight is 180 g/mol. The maximum absolute atomic E-state index is 11.0. The van der Waals surface area contributed by atoms with Crippen LogP contribution in [0.2, 0.25) is 0 Å². The van der Waals surface area contributed by atoms with E-state index in [4.69, 9.17) is 18.1 Å². The van der Waals surface area contributed by atoms with Crippen LogP contribution in [0.1, 0.15) is 44.8 Å². The highest BCUT2D eigenvalue weighted by atomic mass is 16.3. The molecule has 70 valence electrons. The summed E-state index contributed by atoms with van der Waals surface area (Å²) in [7, 11) is 0. The Bertz CT molecular complexity index is 446. The molecule has 2 atom stereocenters. The van der Waals surface area contributed by atoms with Gasteiger partial charge in [-0.3, -0.25) is 4.79 Å². The molecular formula is C9H17NO2. The molecule has 0 aromatic heterocycles. The molecule has 12 heavy (non-hydrogen) atoms. The first-order valence-electron chi connectivity index (χ1n) is 7.99. The molecule has 3 nitrogen and oxygen atoms in total. The lowest BCUT2D eigenvalue weighted by molar-refractivity contribution is -0.128. The second-order valence-electron chi connectivity index (χ2n) is 2.53. The lowest BCUT2D eigenvalue weighted by Gasteiger charge is -2.29. The molecule has 3 N–H and O–H groups in total. The molecular weight excluding hydrogens is 154 g/mol. The molecule has 0 aromatic rings. The van der Waals surface area contributed by atoms with Gasteiger partial charge in [0.1, 0.15) is 6.10 Å². The van der Waals surface area contributed by atoms with Gasteiger partial charge in [0.25, 0.3) is 0 Å². The normalized spacial score (nSPS) is 50.3. The van der Waals surface area contributed by atoms with Gasteiger partial charge >= 0.3 is 0 Å². The molecule has 1 fully saturated rings. The largest absolute Gasteiger partial charge is 0.383 e. The Morgan fingerprint density at radius 3 is 3.08 bits per heavy atom. The first kappa shape index (κ1) is 2.98. The van der Waals surface area contributed by atoms with E-state index in [1.54, 1.807) is 0 Å². The number of carbonyl (C=O) groups excluding carboxylic acids is 1. The van der Waals surface area contributed by atoms with Gasteiger partial charge in [-0.1, -0.05) is 26.0 Å². The lowest BCUT2D eigenvalue weighted by Crippen LogP contribution is -2.35. The van der Waals surface area contributed by atoms with Gasteiger partial charge in [0.2, 0.25) is 5.91 Å². The summed E-state index contributed by atoms with van der Waals surface area (Å²) in [6, 6.07) is 0. The number of primary amides is 1. The number of amides is 1. The summed E-state index contributed by atoms with van der Waals surface area (Å²) in [5.74, 6) is -6.15. The third-order valence-corrected chi connectivity index (χ3v) is 1.51. The summed E-state index contributed by atoms with van der Waals surface area (Å²) >= 11 is 0. The van der Waals surface area contributed by atoms with Crippen LogP contribution in [0.25, 0.3) is 0 Å². The van der Waals surface area contributed by atoms with Crippen LogP contribution >= 0.6 is 0 Å². The molecule has 2 unspecified atom stereocenters. The summed E-state index contributed by atoms with van der Waals surface area (Å²) in [5, 5.41) is 9.55. The molecule has 0 bridgehead atoms. The zero-order valence-corrected chi connectivity index (χ0v) is 6.59. The number of hydrogen-bond donors (Lipinski definition) is 2. The Kier molecular flexibility index (Phi) is 0.967. The van der Waals surface area contributed by atoms with E-state index in [0.717, 1.165) is 6.92 Å². The van der Waals surface area contributed by atoms with E-state index in [1.165, 1.54) is 0 Å². The van der Waals surface area contributed by atoms with Crippen molar-refractivity contribution in [2.45, 2.75) is 38.5 Å². The molecule has 0 spiro atoms.